The van der Waals surface area contributed by atoms with Gasteiger partial charge in [0.2, 0.25) is 10.0 Å². The lowest BCUT2D eigenvalue weighted by Crippen LogP contribution is -2.37. The third-order valence-corrected chi connectivity index (χ3v) is 8.46. The van der Waals surface area contributed by atoms with Gasteiger partial charge < -0.3 is 0 Å². The molecule has 0 unspecified atom stereocenters. The number of hydrogen-bond donors (Lipinski definition) is 2. The topological polar surface area (TPSA) is 108 Å². The number of fused-ring (bicyclic) bond motifs is 1. The Hall–Kier alpha value is -2.56. The number of aromatic nitrogens is 3. The molecular weight excluding hydrogens is 410 g/mol. The number of nitrogens with one attached hydrogen (secondary N) is 2. The van der Waals surface area contributed by atoms with Gasteiger partial charge in [-0.15, -0.1) is 11.3 Å². The van der Waals surface area contributed by atoms with Crippen molar-refractivity contribution >= 4 is 32.4 Å². The highest BCUT2D eigenvalue weighted by atomic mass is 32.2. The highest BCUT2D eigenvalue weighted by Gasteiger charge is 2.41. The number of thiazole rings is 1. The molecule has 0 spiro atoms. The molecule has 5 rings (SSSR count). The molecule has 1 saturated carbocycles. The van der Waals surface area contributed by atoms with E-state index in [9.17, 15) is 13.2 Å². The molecule has 1 fully saturated rings. The van der Waals surface area contributed by atoms with E-state index in [1.54, 1.807) is 10.4 Å². The van der Waals surface area contributed by atoms with Gasteiger partial charge in [0.1, 0.15) is 5.69 Å². The molecule has 2 aliphatic rings. The van der Waals surface area contributed by atoms with Crippen molar-refractivity contribution in [1.82, 2.24) is 19.5 Å². The van der Waals surface area contributed by atoms with Crippen molar-refractivity contribution in [3.63, 3.8) is 0 Å². The van der Waals surface area contributed by atoms with Gasteiger partial charge in [-0.2, -0.15) is 9.40 Å². The molecule has 1 aliphatic carbocycles. The lowest BCUT2D eigenvalue weighted by atomic mass is 10.1. The highest BCUT2D eigenvalue weighted by molar-refractivity contribution is 7.90. The van der Waals surface area contributed by atoms with Gasteiger partial charge in [0.25, 0.3) is 5.91 Å². The quantitative estimate of drug-likeness (QED) is 0.648. The molecular formula is C19H19N5O3S2. The Balaban J connectivity index is 1.29. The smallest absolute Gasteiger partial charge is 0.275 e. The molecule has 2 N–H and O–H groups in total. The van der Waals surface area contributed by atoms with Gasteiger partial charge >= 0.3 is 0 Å². The summed E-state index contributed by atoms with van der Waals surface area (Å²) in [6, 6.07) is 11.3. The average molecular weight is 430 g/mol. The van der Waals surface area contributed by atoms with E-state index >= 15 is 0 Å². The fraction of sp³-hybridized carbons (Fsp3) is 0.316. The maximum Gasteiger partial charge on any atom is 0.275 e. The summed E-state index contributed by atoms with van der Waals surface area (Å²) in [5, 5.41) is 10.0. The Kier molecular flexibility index (Phi) is 4.49. The zero-order chi connectivity index (χ0) is 20.0. The number of aromatic amines is 1. The molecule has 0 radical (unpaired) electrons. The maximum atomic E-state index is 12.6. The summed E-state index contributed by atoms with van der Waals surface area (Å²) in [5.41, 5.74) is 2.82. The van der Waals surface area contributed by atoms with E-state index in [1.807, 2.05) is 30.3 Å². The number of H-pyrrole nitrogens is 1. The van der Waals surface area contributed by atoms with Crippen LogP contribution < -0.4 is 5.32 Å². The van der Waals surface area contributed by atoms with Crippen LogP contribution in [0.15, 0.2) is 36.4 Å². The van der Waals surface area contributed by atoms with E-state index in [1.165, 1.54) is 11.3 Å². The second kappa shape index (κ2) is 7.05. The van der Waals surface area contributed by atoms with Gasteiger partial charge in [-0.25, -0.2) is 13.4 Å². The molecule has 29 heavy (non-hydrogen) atoms. The van der Waals surface area contributed by atoms with Gasteiger partial charge in [-0.1, -0.05) is 30.3 Å². The van der Waals surface area contributed by atoms with Crippen LogP contribution in [0.1, 0.15) is 33.9 Å². The monoisotopic (exact) mass is 429 g/mol. The van der Waals surface area contributed by atoms with E-state index in [0.717, 1.165) is 29.0 Å². The summed E-state index contributed by atoms with van der Waals surface area (Å²) in [5.74, 6) is -0.326. The minimum atomic E-state index is -3.20. The lowest BCUT2D eigenvalue weighted by molar-refractivity contribution is 0.102. The summed E-state index contributed by atoms with van der Waals surface area (Å²) in [7, 11) is -3.20. The fourth-order valence-electron chi connectivity index (χ4n) is 3.38. The number of carbonyl (C=O) groups excluding carboxylic acids is 1. The zero-order valence-corrected chi connectivity index (χ0v) is 17.1. The number of carbonyl (C=O) groups is 1. The van der Waals surface area contributed by atoms with Crippen molar-refractivity contribution in [3.05, 3.63) is 52.7 Å². The minimum absolute atomic E-state index is 0.213. The van der Waals surface area contributed by atoms with Gasteiger partial charge in [-0.3, -0.25) is 15.2 Å². The van der Waals surface area contributed by atoms with Crippen molar-refractivity contribution in [2.45, 2.75) is 31.1 Å². The molecule has 0 bridgehead atoms. The summed E-state index contributed by atoms with van der Waals surface area (Å²) >= 11 is 1.33. The first-order valence-corrected chi connectivity index (χ1v) is 11.7. The summed E-state index contributed by atoms with van der Waals surface area (Å²) in [6.07, 6.45) is 2.07. The van der Waals surface area contributed by atoms with Crippen molar-refractivity contribution in [3.8, 4) is 11.3 Å². The summed E-state index contributed by atoms with van der Waals surface area (Å²) < 4.78 is 26.5. The molecule has 3 heterocycles. The van der Waals surface area contributed by atoms with Gasteiger partial charge in [0.05, 0.1) is 16.6 Å². The van der Waals surface area contributed by atoms with Crippen molar-refractivity contribution in [1.29, 1.82) is 0 Å². The van der Waals surface area contributed by atoms with Crippen LogP contribution >= 0.6 is 11.3 Å². The van der Waals surface area contributed by atoms with Crippen LogP contribution in [0.3, 0.4) is 0 Å². The largest absolute Gasteiger partial charge is 0.296 e. The number of nitrogens with zero attached hydrogens (tertiary/aromatic N) is 3. The predicted molar refractivity (Wildman–Crippen MR) is 110 cm³/mol. The molecule has 1 aliphatic heterocycles. The van der Waals surface area contributed by atoms with E-state index in [-0.39, 0.29) is 11.2 Å². The minimum Gasteiger partial charge on any atom is -0.296 e. The number of anilines is 1. The number of sulfonamides is 1. The van der Waals surface area contributed by atoms with Crippen LogP contribution in [-0.4, -0.2) is 45.6 Å². The first kappa shape index (κ1) is 18.5. The van der Waals surface area contributed by atoms with E-state index < -0.39 is 10.0 Å². The third kappa shape index (κ3) is 3.59. The highest BCUT2D eigenvalue weighted by Crippen LogP contribution is 2.35. The summed E-state index contributed by atoms with van der Waals surface area (Å²) in [6.45, 7) is 0.786. The Morgan fingerprint density at radius 3 is 2.79 bits per heavy atom. The second-order valence-corrected chi connectivity index (χ2v) is 10.5. The molecule has 1 aromatic carbocycles. The number of amides is 1. The standard InChI is InChI=1S/C19H19N5O3S2/c25-18(16-10-15(22-23-16)12-4-2-1-3-5-12)21-19-20-14-8-9-24(11-17(14)28-19)29(26,27)13-6-7-13/h1-5,10,13H,6-9,11H2,(H,22,23)(H,20,21,25). The Morgan fingerprint density at radius 1 is 1.24 bits per heavy atom. The molecule has 0 atom stereocenters. The van der Waals surface area contributed by atoms with Crippen LogP contribution in [0.5, 0.6) is 0 Å². The number of hydrogen-bond acceptors (Lipinski definition) is 6. The molecule has 2 aromatic heterocycles. The molecule has 3 aromatic rings. The lowest BCUT2D eigenvalue weighted by Gasteiger charge is -2.25. The van der Waals surface area contributed by atoms with Crippen molar-refractivity contribution in [2.75, 3.05) is 11.9 Å². The van der Waals surface area contributed by atoms with Crippen LogP contribution in [0.4, 0.5) is 5.13 Å². The average Bonchev–Trinajstić information content (AvgIpc) is 3.34. The third-order valence-electron chi connectivity index (χ3n) is 5.11. The van der Waals surface area contributed by atoms with Gasteiger partial charge in [-0.05, 0) is 18.9 Å². The summed E-state index contributed by atoms with van der Waals surface area (Å²) in [4.78, 5) is 18.0. The first-order chi connectivity index (χ1) is 14.0. The number of benzene rings is 1. The fourth-order valence-corrected chi connectivity index (χ4v) is 6.29. The van der Waals surface area contributed by atoms with Crippen LogP contribution in [0.2, 0.25) is 0 Å². The van der Waals surface area contributed by atoms with E-state index in [0.29, 0.717) is 36.0 Å². The van der Waals surface area contributed by atoms with Crippen molar-refractivity contribution < 1.29 is 13.2 Å². The Bertz CT molecular complexity index is 1170. The van der Waals surface area contributed by atoms with Crippen LogP contribution in [0.25, 0.3) is 11.3 Å². The van der Waals surface area contributed by atoms with E-state index in [2.05, 4.69) is 20.5 Å². The molecule has 1 amide bonds. The maximum absolute atomic E-state index is 12.6. The molecule has 0 saturated heterocycles. The van der Waals surface area contributed by atoms with Crippen LogP contribution in [-0.2, 0) is 23.0 Å². The Labute approximate surface area is 172 Å². The SMILES string of the molecule is O=C(Nc1nc2c(s1)CN(S(=O)(=O)C1CC1)CC2)c1cc(-c2ccccc2)n[nH]1. The molecule has 8 nitrogen and oxygen atoms in total. The number of rotatable bonds is 5. The molecule has 150 valence electrons. The second-order valence-electron chi connectivity index (χ2n) is 7.20. The van der Waals surface area contributed by atoms with Gasteiger partial charge in [0.15, 0.2) is 5.13 Å². The normalized spacial score (nSPS) is 17.1. The Morgan fingerprint density at radius 2 is 2.03 bits per heavy atom. The first-order valence-electron chi connectivity index (χ1n) is 9.40. The van der Waals surface area contributed by atoms with E-state index in [4.69, 9.17) is 0 Å². The van der Waals surface area contributed by atoms with Crippen LogP contribution in [0, 0.1) is 0 Å². The van der Waals surface area contributed by atoms with Gasteiger partial charge in [0, 0.05) is 30.0 Å². The predicted octanol–water partition coefficient (Wildman–Crippen LogP) is 2.64. The van der Waals surface area contributed by atoms with Crippen molar-refractivity contribution in [2.24, 2.45) is 0 Å². The molecule has 10 heteroatoms. The zero-order valence-electron chi connectivity index (χ0n) is 15.5.